The van der Waals surface area contributed by atoms with E-state index in [-0.39, 0.29) is 16.5 Å². The molecule has 0 aliphatic rings. The monoisotopic (exact) mass is 392 g/mol. The highest BCUT2D eigenvalue weighted by Gasteiger charge is 2.19. The third kappa shape index (κ3) is 3.16. The molecular weight excluding hydrogens is 380 g/mol. The molecule has 0 radical (unpaired) electrons. The van der Waals surface area contributed by atoms with E-state index in [0.29, 0.717) is 9.99 Å². The standard InChI is InChI=1S/C16H13BrN2O3S/c1-22-16-13(9-10-15(17)18-16)19-23(20,21)14-8-4-6-11-5-2-3-7-12(11)14/h2-10,19H,1H3. The van der Waals surface area contributed by atoms with Crippen molar-refractivity contribution in [1.29, 1.82) is 0 Å². The van der Waals surface area contributed by atoms with E-state index < -0.39 is 10.0 Å². The van der Waals surface area contributed by atoms with Crippen molar-refractivity contribution in [3.05, 3.63) is 59.2 Å². The van der Waals surface area contributed by atoms with Crippen LogP contribution in [-0.4, -0.2) is 20.5 Å². The normalized spacial score (nSPS) is 11.4. The van der Waals surface area contributed by atoms with Gasteiger partial charge in [0.05, 0.1) is 12.0 Å². The van der Waals surface area contributed by atoms with Gasteiger partial charge < -0.3 is 4.74 Å². The zero-order chi connectivity index (χ0) is 16.4. The van der Waals surface area contributed by atoms with Crippen molar-refractivity contribution < 1.29 is 13.2 Å². The summed E-state index contributed by atoms with van der Waals surface area (Å²) in [6, 6.07) is 15.7. The fourth-order valence-electron chi connectivity index (χ4n) is 2.28. The van der Waals surface area contributed by atoms with E-state index in [1.165, 1.54) is 7.11 Å². The predicted octanol–water partition coefficient (Wildman–Crippen LogP) is 3.81. The van der Waals surface area contributed by atoms with Crippen LogP contribution in [0.25, 0.3) is 10.8 Å². The van der Waals surface area contributed by atoms with Crippen LogP contribution in [0.15, 0.2) is 64.1 Å². The Balaban J connectivity index is 2.08. The summed E-state index contributed by atoms with van der Waals surface area (Å²) >= 11 is 3.23. The molecule has 1 N–H and O–H groups in total. The first kappa shape index (κ1) is 15.8. The second-order valence-corrected chi connectivity index (χ2v) is 7.24. The number of halogens is 1. The van der Waals surface area contributed by atoms with Crippen molar-refractivity contribution in [2.75, 3.05) is 11.8 Å². The fourth-order valence-corrected chi connectivity index (χ4v) is 3.86. The highest BCUT2D eigenvalue weighted by Crippen LogP contribution is 2.29. The third-order valence-electron chi connectivity index (χ3n) is 3.30. The van der Waals surface area contributed by atoms with Crippen molar-refractivity contribution in [1.82, 2.24) is 4.98 Å². The minimum atomic E-state index is -3.77. The lowest BCUT2D eigenvalue weighted by Crippen LogP contribution is -2.14. The number of pyridine rings is 1. The molecule has 1 aromatic heterocycles. The molecule has 0 aliphatic carbocycles. The van der Waals surface area contributed by atoms with Gasteiger partial charge in [-0.25, -0.2) is 13.4 Å². The maximum Gasteiger partial charge on any atom is 0.262 e. The minimum absolute atomic E-state index is 0.197. The summed E-state index contributed by atoms with van der Waals surface area (Å²) in [7, 11) is -2.34. The molecule has 7 heteroatoms. The zero-order valence-corrected chi connectivity index (χ0v) is 14.6. The first-order valence-corrected chi connectivity index (χ1v) is 9.00. The number of anilines is 1. The molecule has 0 atom stereocenters. The number of aromatic nitrogens is 1. The summed E-state index contributed by atoms with van der Waals surface area (Å²) < 4.78 is 33.7. The predicted molar refractivity (Wildman–Crippen MR) is 93.2 cm³/mol. The Bertz CT molecular complexity index is 969. The lowest BCUT2D eigenvalue weighted by molar-refractivity contribution is 0.399. The summed E-state index contributed by atoms with van der Waals surface area (Å²) in [4.78, 5) is 4.31. The Kier molecular flexibility index (Phi) is 4.23. The molecule has 0 fully saturated rings. The number of methoxy groups -OCH3 is 1. The smallest absolute Gasteiger partial charge is 0.262 e. The number of hydrogen-bond acceptors (Lipinski definition) is 4. The van der Waals surface area contributed by atoms with Crippen LogP contribution in [0.1, 0.15) is 0 Å². The van der Waals surface area contributed by atoms with Gasteiger partial charge in [-0.05, 0) is 39.5 Å². The van der Waals surface area contributed by atoms with Gasteiger partial charge in [-0.2, -0.15) is 0 Å². The SMILES string of the molecule is COc1nc(Br)ccc1NS(=O)(=O)c1cccc2ccccc12. The average molecular weight is 393 g/mol. The van der Waals surface area contributed by atoms with E-state index >= 15 is 0 Å². The Morgan fingerprint density at radius 3 is 2.57 bits per heavy atom. The number of sulfonamides is 1. The first-order valence-electron chi connectivity index (χ1n) is 6.72. The third-order valence-corrected chi connectivity index (χ3v) is 5.17. The molecule has 0 saturated heterocycles. The Hall–Kier alpha value is -2.12. The van der Waals surface area contributed by atoms with Gasteiger partial charge in [0.25, 0.3) is 10.0 Å². The number of fused-ring (bicyclic) bond motifs is 1. The molecule has 23 heavy (non-hydrogen) atoms. The van der Waals surface area contributed by atoms with Crippen molar-refractivity contribution in [3.63, 3.8) is 0 Å². The van der Waals surface area contributed by atoms with Gasteiger partial charge in [-0.3, -0.25) is 4.72 Å². The summed E-state index contributed by atoms with van der Waals surface area (Å²) in [5, 5.41) is 1.52. The molecule has 5 nitrogen and oxygen atoms in total. The van der Waals surface area contributed by atoms with Crippen molar-refractivity contribution >= 4 is 42.4 Å². The molecule has 3 aromatic rings. The van der Waals surface area contributed by atoms with E-state index in [9.17, 15) is 8.42 Å². The Morgan fingerprint density at radius 1 is 1.04 bits per heavy atom. The Labute approximate surface area is 142 Å². The van der Waals surface area contributed by atoms with Crippen molar-refractivity contribution in [2.24, 2.45) is 0 Å². The molecular formula is C16H13BrN2O3S. The maximum atomic E-state index is 12.8. The van der Waals surface area contributed by atoms with Gasteiger partial charge in [0.1, 0.15) is 10.3 Å². The van der Waals surface area contributed by atoms with Crippen LogP contribution >= 0.6 is 15.9 Å². The number of benzene rings is 2. The van der Waals surface area contributed by atoms with Gasteiger partial charge in [0.2, 0.25) is 5.88 Å². The lowest BCUT2D eigenvalue weighted by atomic mass is 10.1. The minimum Gasteiger partial charge on any atom is -0.479 e. The van der Waals surface area contributed by atoms with Gasteiger partial charge in [0.15, 0.2) is 0 Å². The number of nitrogens with one attached hydrogen (secondary N) is 1. The van der Waals surface area contributed by atoms with Crippen LogP contribution in [0, 0.1) is 0 Å². The van der Waals surface area contributed by atoms with Gasteiger partial charge in [-0.1, -0.05) is 36.4 Å². The summed E-state index contributed by atoms with van der Waals surface area (Å²) in [5.41, 5.74) is 0.281. The maximum absolute atomic E-state index is 12.8. The number of nitrogens with zero attached hydrogens (tertiary/aromatic N) is 1. The zero-order valence-electron chi connectivity index (χ0n) is 12.2. The second kappa shape index (κ2) is 6.17. The van der Waals surface area contributed by atoms with E-state index in [1.807, 2.05) is 24.3 Å². The average Bonchev–Trinajstić information content (AvgIpc) is 2.55. The highest BCUT2D eigenvalue weighted by atomic mass is 79.9. The quantitative estimate of drug-likeness (QED) is 0.685. The molecule has 0 spiro atoms. The second-order valence-electron chi connectivity index (χ2n) is 4.77. The molecule has 0 bridgehead atoms. The lowest BCUT2D eigenvalue weighted by Gasteiger charge is -2.12. The summed E-state index contributed by atoms with van der Waals surface area (Å²) in [6.45, 7) is 0. The summed E-state index contributed by atoms with van der Waals surface area (Å²) in [6.07, 6.45) is 0. The number of ether oxygens (including phenoxy) is 1. The number of hydrogen-bond donors (Lipinski definition) is 1. The van der Waals surface area contributed by atoms with E-state index in [2.05, 4.69) is 25.6 Å². The molecule has 0 saturated carbocycles. The molecule has 0 amide bonds. The van der Waals surface area contributed by atoms with E-state index in [1.54, 1.807) is 30.3 Å². The first-order chi connectivity index (χ1) is 11.0. The van der Waals surface area contributed by atoms with Crippen LogP contribution in [0.2, 0.25) is 0 Å². The van der Waals surface area contributed by atoms with E-state index in [4.69, 9.17) is 4.74 Å². The highest BCUT2D eigenvalue weighted by molar-refractivity contribution is 9.10. The largest absolute Gasteiger partial charge is 0.479 e. The van der Waals surface area contributed by atoms with Gasteiger partial charge in [0, 0.05) is 5.39 Å². The fraction of sp³-hybridized carbons (Fsp3) is 0.0625. The topological polar surface area (TPSA) is 68.3 Å². The van der Waals surface area contributed by atoms with Crippen LogP contribution in [-0.2, 0) is 10.0 Å². The molecule has 118 valence electrons. The van der Waals surface area contributed by atoms with Gasteiger partial charge in [-0.15, -0.1) is 0 Å². The number of rotatable bonds is 4. The van der Waals surface area contributed by atoms with Crippen molar-refractivity contribution in [2.45, 2.75) is 4.90 Å². The molecule has 1 heterocycles. The molecule has 0 unspecified atom stereocenters. The van der Waals surface area contributed by atoms with Crippen LogP contribution in [0.5, 0.6) is 5.88 Å². The summed E-state index contributed by atoms with van der Waals surface area (Å²) in [5.74, 6) is 0.197. The molecule has 2 aromatic carbocycles. The van der Waals surface area contributed by atoms with Crippen LogP contribution < -0.4 is 9.46 Å². The van der Waals surface area contributed by atoms with Crippen LogP contribution in [0.4, 0.5) is 5.69 Å². The molecule has 3 rings (SSSR count). The van der Waals surface area contributed by atoms with E-state index in [0.717, 1.165) is 5.39 Å². The Morgan fingerprint density at radius 2 is 1.78 bits per heavy atom. The molecule has 0 aliphatic heterocycles. The van der Waals surface area contributed by atoms with Crippen LogP contribution in [0.3, 0.4) is 0 Å². The van der Waals surface area contributed by atoms with Gasteiger partial charge >= 0.3 is 0 Å². The van der Waals surface area contributed by atoms with Crippen molar-refractivity contribution in [3.8, 4) is 5.88 Å².